The minimum Gasteiger partial charge on any atom is -0.431 e. The average Bonchev–Trinajstić information content (AvgIpc) is 2.56. The van der Waals surface area contributed by atoms with Crippen molar-refractivity contribution in [2.45, 2.75) is 39.8 Å². The van der Waals surface area contributed by atoms with Crippen LogP contribution in [0.15, 0.2) is 53.6 Å². The van der Waals surface area contributed by atoms with Gasteiger partial charge in [0.15, 0.2) is 5.60 Å². The fraction of sp³-hybridized carbons (Fsp3) is 0.300. The highest BCUT2D eigenvalue weighted by Gasteiger charge is 2.40. The summed E-state index contributed by atoms with van der Waals surface area (Å²) in [6, 6.07) is 15.9. The highest BCUT2D eigenvalue weighted by molar-refractivity contribution is 5.95. The predicted octanol–water partition coefficient (Wildman–Crippen LogP) is 4.55. The number of hydrogen-bond donors (Lipinski definition) is 0. The van der Waals surface area contributed by atoms with Gasteiger partial charge in [0.2, 0.25) is 0 Å². The maximum Gasteiger partial charge on any atom is 0.431 e. The third-order valence-electron chi connectivity index (χ3n) is 4.70. The number of amides is 1. The Balaban J connectivity index is 1.91. The topological polar surface area (TPSA) is 41.9 Å². The molecule has 0 aliphatic carbocycles. The first-order valence-corrected chi connectivity index (χ1v) is 8.08. The van der Waals surface area contributed by atoms with Crippen molar-refractivity contribution in [2.24, 2.45) is 5.10 Å². The zero-order valence-electron chi connectivity index (χ0n) is 14.5. The molecule has 1 aliphatic heterocycles. The second kappa shape index (κ2) is 6.11. The summed E-state index contributed by atoms with van der Waals surface area (Å²) < 4.78 is 5.81. The minimum atomic E-state index is -0.831. The van der Waals surface area contributed by atoms with E-state index in [1.165, 1.54) is 16.1 Å². The normalized spacial score (nSPS) is 20.6. The molecular weight excluding hydrogens is 300 g/mol. The number of nitrogens with zero attached hydrogens (tertiary/aromatic N) is 2. The van der Waals surface area contributed by atoms with E-state index in [9.17, 15) is 4.79 Å². The summed E-state index contributed by atoms with van der Waals surface area (Å²) in [5.74, 6) is 0. The van der Waals surface area contributed by atoms with Crippen LogP contribution in [0.2, 0.25) is 0 Å². The first-order valence-electron chi connectivity index (χ1n) is 8.08. The minimum absolute atomic E-state index is 0.403. The number of rotatable bonds is 3. The molecule has 1 atom stereocenters. The quantitative estimate of drug-likeness (QED) is 0.832. The summed E-state index contributed by atoms with van der Waals surface area (Å²) >= 11 is 0. The largest absolute Gasteiger partial charge is 0.431 e. The van der Waals surface area contributed by atoms with Crippen molar-refractivity contribution in [1.29, 1.82) is 0 Å². The molecule has 1 unspecified atom stereocenters. The molecule has 4 heteroatoms. The van der Waals surface area contributed by atoms with E-state index in [4.69, 9.17) is 4.74 Å². The Kier molecular flexibility index (Phi) is 4.14. The van der Waals surface area contributed by atoms with Crippen LogP contribution in [0.4, 0.5) is 4.79 Å². The van der Waals surface area contributed by atoms with Gasteiger partial charge in [-0.05, 0) is 44.4 Å². The number of hydrazone groups is 1. The molecule has 124 valence electrons. The summed E-state index contributed by atoms with van der Waals surface area (Å²) in [5.41, 5.74) is 4.28. The molecule has 0 saturated heterocycles. The molecule has 1 aliphatic rings. The monoisotopic (exact) mass is 322 g/mol. The van der Waals surface area contributed by atoms with Crippen LogP contribution in [0.1, 0.15) is 36.1 Å². The van der Waals surface area contributed by atoms with Gasteiger partial charge in [0, 0.05) is 5.56 Å². The lowest BCUT2D eigenvalue weighted by molar-refractivity contribution is 0.0235. The molecule has 0 spiro atoms. The molecule has 1 amide bonds. The zero-order chi connectivity index (χ0) is 17.3. The molecule has 24 heavy (non-hydrogen) atoms. The van der Waals surface area contributed by atoms with Gasteiger partial charge in [-0.1, -0.05) is 48.5 Å². The Labute approximate surface area is 142 Å². The molecule has 2 aromatic carbocycles. The van der Waals surface area contributed by atoms with Crippen molar-refractivity contribution >= 4 is 11.8 Å². The van der Waals surface area contributed by atoms with Crippen LogP contribution >= 0.6 is 0 Å². The molecule has 0 fully saturated rings. The van der Waals surface area contributed by atoms with Crippen molar-refractivity contribution in [3.05, 3.63) is 70.8 Å². The maximum absolute atomic E-state index is 12.5. The maximum atomic E-state index is 12.5. The molecule has 0 bridgehead atoms. The van der Waals surface area contributed by atoms with Crippen molar-refractivity contribution in [3.63, 3.8) is 0 Å². The van der Waals surface area contributed by atoms with Crippen LogP contribution in [0.25, 0.3) is 0 Å². The van der Waals surface area contributed by atoms with E-state index in [2.05, 4.69) is 25.0 Å². The molecule has 3 rings (SSSR count). The molecular formula is C20H22N2O2. The molecule has 4 nitrogen and oxygen atoms in total. The zero-order valence-corrected chi connectivity index (χ0v) is 14.5. The van der Waals surface area contributed by atoms with Gasteiger partial charge in [-0.3, -0.25) is 0 Å². The van der Waals surface area contributed by atoms with Crippen LogP contribution in [-0.2, 0) is 16.9 Å². The first kappa shape index (κ1) is 16.2. The van der Waals surface area contributed by atoms with E-state index >= 15 is 0 Å². The lowest BCUT2D eigenvalue weighted by Crippen LogP contribution is -2.46. The second-order valence-corrected chi connectivity index (χ2v) is 6.43. The summed E-state index contributed by atoms with van der Waals surface area (Å²) in [5, 5.41) is 5.90. The van der Waals surface area contributed by atoms with Crippen molar-refractivity contribution < 1.29 is 9.53 Å². The SMILES string of the molecule is CC1=NN(Cc2ccccc2)C(=O)OC1(C)c1ccc(C)c(C)c1. The Bertz CT molecular complexity index is 799. The lowest BCUT2D eigenvalue weighted by Gasteiger charge is -2.36. The smallest absolute Gasteiger partial charge is 0.431 e. The summed E-state index contributed by atoms with van der Waals surface area (Å²) in [6.07, 6.45) is -0.426. The van der Waals surface area contributed by atoms with Crippen molar-refractivity contribution in [3.8, 4) is 0 Å². The highest BCUT2D eigenvalue weighted by Crippen LogP contribution is 2.33. The van der Waals surface area contributed by atoms with E-state index in [1.54, 1.807) is 0 Å². The summed E-state index contributed by atoms with van der Waals surface area (Å²) in [7, 11) is 0. The molecule has 0 radical (unpaired) electrons. The highest BCUT2D eigenvalue weighted by atomic mass is 16.6. The van der Waals surface area contributed by atoms with Gasteiger partial charge in [0.25, 0.3) is 0 Å². The van der Waals surface area contributed by atoms with Crippen LogP contribution in [0, 0.1) is 13.8 Å². The van der Waals surface area contributed by atoms with Crippen LogP contribution in [0.3, 0.4) is 0 Å². The van der Waals surface area contributed by atoms with E-state index in [-0.39, 0.29) is 0 Å². The number of benzene rings is 2. The van der Waals surface area contributed by atoms with E-state index in [0.717, 1.165) is 16.8 Å². The Morgan fingerprint density at radius 3 is 2.42 bits per heavy atom. The van der Waals surface area contributed by atoms with Gasteiger partial charge in [-0.25, -0.2) is 4.79 Å². The Morgan fingerprint density at radius 1 is 1.04 bits per heavy atom. The number of cyclic esters (lactones) is 1. The number of carbonyl (C=O) groups excluding carboxylic acids is 1. The fourth-order valence-corrected chi connectivity index (χ4v) is 2.78. The first-order chi connectivity index (χ1) is 11.4. The van der Waals surface area contributed by atoms with Crippen molar-refractivity contribution in [2.75, 3.05) is 0 Å². The average molecular weight is 322 g/mol. The second-order valence-electron chi connectivity index (χ2n) is 6.43. The molecule has 0 aromatic heterocycles. The number of carbonyl (C=O) groups is 1. The molecule has 2 aromatic rings. The van der Waals surface area contributed by atoms with E-state index in [1.807, 2.05) is 56.3 Å². The van der Waals surface area contributed by atoms with Crippen LogP contribution < -0.4 is 0 Å². The van der Waals surface area contributed by atoms with E-state index < -0.39 is 11.7 Å². The van der Waals surface area contributed by atoms with Gasteiger partial charge >= 0.3 is 6.09 Å². The Hall–Kier alpha value is -2.62. The van der Waals surface area contributed by atoms with Gasteiger partial charge in [-0.15, -0.1) is 0 Å². The van der Waals surface area contributed by atoms with Crippen LogP contribution in [-0.4, -0.2) is 16.8 Å². The third kappa shape index (κ3) is 2.92. The van der Waals surface area contributed by atoms with Gasteiger partial charge in [-0.2, -0.15) is 10.1 Å². The third-order valence-corrected chi connectivity index (χ3v) is 4.70. The number of hydrogen-bond acceptors (Lipinski definition) is 3. The molecule has 0 saturated carbocycles. The Morgan fingerprint density at radius 2 is 1.75 bits per heavy atom. The van der Waals surface area contributed by atoms with Gasteiger partial charge in [0.05, 0.1) is 12.3 Å². The molecule has 1 heterocycles. The number of aryl methyl sites for hydroxylation is 2. The van der Waals surface area contributed by atoms with Gasteiger partial charge in [0.1, 0.15) is 0 Å². The summed E-state index contributed by atoms with van der Waals surface area (Å²) in [6.45, 7) is 8.32. The standard InChI is InChI=1S/C20H22N2O2/c1-14-10-11-18(12-15(14)2)20(4)16(3)21-22(19(23)24-20)13-17-8-6-5-7-9-17/h5-12H,13H2,1-4H3. The predicted molar refractivity (Wildman–Crippen MR) is 94.8 cm³/mol. The van der Waals surface area contributed by atoms with Crippen molar-refractivity contribution in [1.82, 2.24) is 5.01 Å². The van der Waals surface area contributed by atoms with Gasteiger partial charge < -0.3 is 4.74 Å². The lowest BCUT2D eigenvalue weighted by atomic mass is 9.89. The fourth-order valence-electron chi connectivity index (χ4n) is 2.78. The van der Waals surface area contributed by atoms with E-state index in [0.29, 0.717) is 6.54 Å². The summed E-state index contributed by atoms with van der Waals surface area (Å²) in [4.78, 5) is 12.5. The number of ether oxygens (including phenoxy) is 1. The molecule has 0 N–H and O–H groups in total. The van der Waals surface area contributed by atoms with Crippen LogP contribution in [0.5, 0.6) is 0 Å².